The van der Waals surface area contributed by atoms with Gasteiger partial charge in [0.2, 0.25) is 0 Å². The molecule has 4 heteroatoms. The van der Waals surface area contributed by atoms with E-state index in [0.29, 0.717) is 0 Å². The van der Waals surface area contributed by atoms with Gasteiger partial charge in [0.1, 0.15) is 11.4 Å². The summed E-state index contributed by atoms with van der Waals surface area (Å²) in [4.78, 5) is 15.2. The Balaban J connectivity index is 1.89. The third kappa shape index (κ3) is 1.70. The van der Waals surface area contributed by atoms with Crippen LogP contribution < -0.4 is 0 Å². The molecule has 0 fully saturated rings. The lowest BCUT2D eigenvalue weighted by Gasteiger charge is -1.99. The molecule has 0 spiro atoms. The van der Waals surface area contributed by atoms with Gasteiger partial charge in [0.05, 0.1) is 11.0 Å². The maximum absolute atomic E-state index is 4.59. The predicted molar refractivity (Wildman–Crippen MR) is 77.9 cm³/mol. The number of aromatic amines is 2. The van der Waals surface area contributed by atoms with Gasteiger partial charge < -0.3 is 9.97 Å². The first-order chi connectivity index (χ1) is 9.92. The number of aromatic nitrogens is 4. The van der Waals surface area contributed by atoms with Crippen LogP contribution in [-0.2, 0) is 0 Å². The Labute approximate surface area is 115 Å². The number of hydrogen-bond acceptors (Lipinski definition) is 2. The van der Waals surface area contributed by atoms with Crippen molar-refractivity contribution < 1.29 is 0 Å². The van der Waals surface area contributed by atoms with Crippen LogP contribution in [0.15, 0.2) is 54.6 Å². The van der Waals surface area contributed by atoms with Gasteiger partial charge in [-0.1, -0.05) is 42.5 Å². The van der Waals surface area contributed by atoms with Gasteiger partial charge in [-0.05, 0) is 12.1 Å². The molecule has 4 nitrogen and oxygen atoms in total. The topological polar surface area (TPSA) is 57.4 Å². The summed E-state index contributed by atoms with van der Waals surface area (Å²) in [6.45, 7) is 0. The number of rotatable bonds is 2. The first-order valence-electron chi connectivity index (χ1n) is 6.38. The smallest absolute Gasteiger partial charge is 0.174 e. The summed E-state index contributed by atoms with van der Waals surface area (Å²) in [5.41, 5.74) is 4.70. The Kier molecular flexibility index (Phi) is 2.39. The minimum absolute atomic E-state index is 0.777. The molecule has 0 aliphatic heterocycles. The number of nitrogens with one attached hydrogen (secondary N) is 2. The second kappa shape index (κ2) is 4.35. The fraction of sp³-hybridized carbons (Fsp3) is 0. The summed E-state index contributed by atoms with van der Waals surface area (Å²) in [5.74, 6) is 0.777. The maximum Gasteiger partial charge on any atom is 0.174 e. The summed E-state index contributed by atoms with van der Waals surface area (Å²) < 4.78 is 0. The molecule has 0 aliphatic carbocycles. The second-order valence-electron chi connectivity index (χ2n) is 4.54. The summed E-state index contributed by atoms with van der Waals surface area (Å²) >= 11 is 0. The van der Waals surface area contributed by atoms with E-state index >= 15 is 0 Å². The Hall–Kier alpha value is -2.88. The van der Waals surface area contributed by atoms with Gasteiger partial charge in [0, 0.05) is 5.56 Å². The molecule has 0 amide bonds. The first-order valence-corrected chi connectivity index (χ1v) is 6.38. The SMILES string of the molecule is [c]1nc(-c2ccccc2)c(-c2nc3ccccc3[nH]2)[nH]1. The van der Waals surface area contributed by atoms with Crippen molar-refractivity contribution in [3.8, 4) is 22.8 Å². The lowest BCUT2D eigenvalue weighted by Crippen LogP contribution is -1.85. The minimum atomic E-state index is 0.777. The van der Waals surface area contributed by atoms with Crippen molar-refractivity contribution >= 4 is 11.0 Å². The van der Waals surface area contributed by atoms with Crippen LogP contribution in [0, 0.1) is 6.33 Å². The van der Waals surface area contributed by atoms with E-state index in [1.807, 2.05) is 54.6 Å². The number of benzene rings is 2. The van der Waals surface area contributed by atoms with Crippen LogP contribution in [0.3, 0.4) is 0 Å². The van der Waals surface area contributed by atoms with Crippen LogP contribution in [0.2, 0.25) is 0 Å². The molecule has 4 aromatic rings. The molecule has 2 heterocycles. The average molecular weight is 259 g/mol. The Morgan fingerprint density at radius 3 is 2.55 bits per heavy atom. The molecule has 1 radical (unpaired) electrons. The van der Waals surface area contributed by atoms with Crippen LogP contribution in [0.4, 0.5) is 0 Å². The molecule has 0 bridgehead atoms. The van der Waals surface area contributed by atoms with Crippen molar-refractivity contribution in [2.75, 3.05) is 0 Å². The largest absolute Gasteiger partial charge is 0.337 e. The molecule has 2 aromatic heterocycles. The number of nitrogens with zero attached hydrogens (tertiary/aromatic N) is 2. The van der Waals surface area contributed by atoms with E-state index in [4.69, 9.17) is 0 Å². The number of hydrogen-bond donors (Lipinski definition) is 2. The molecule has 0 unspecified atom stereocenters. The van der Waals surface area contributed by atoms with Gasteiger partial charge in [-0.15, -0.1) is 0 Å². The van der Waals surface area contributed by atoms with E-state index < -0.39 is 0 Å². The zero-order chi connectivity index (χ0) is 13.4. The third-order valence-electron chi connectivity index (χ3n) is 3.26. The highest BCUT2D eigenvalue weighted by atomic mass is 15.0. The molecule has 0 saturated heterocycles. The zero-order valence-corrected chi connectivity index (χ0v) is 10.6. The van der Waals surface area contributed by atoms with Gasteiger partial charge in [-0.3, -0.25) is 0 Å². The quantitative estimate of drug-likeness (QED) is 0.579. The first kappa shape index (κ1) is 11.0. The molecule has 0 atom stereocenters. The Morgan fingerprint density at radius 2 is 1.70 bits per heavy atom. The highest BCUT2D eigenvalue weighted by molar-refractivity contribution is 5.82. The van der Waals surface area contributed by atoms with Gasteiger partial charge >= 0.3 is 0 Å². The summed E-state index contributed by atoms with van der Waals surface area (Å²) in [6, 6.07) is 18.0. The fourth-order valence-electron chi connectivity index (χ4n) is 2.30. The van der Waals surface area contributed by atoms with E-state index in [9.17, 15) is 0 Å². The van der Waals surface area contributed by atoms with E-state index in [-0.39, 0.29) is 0 Å². The second-order valence-corrected chi connectivity index (χ2v) is 4.54. The number of fused-ring (bicyclic) bond motifs is 1. The molecule has 4 rings (SSSR count). The molecular weight excluding hydrogens is 248 g/mol. The maximum atomic E-state index is 4.59. The van der Waals surface area contributed by atoms with Gasteiger partial charge in [0.25, 0.3) is 0 Å². The predicted octanol–water partition coefficient (Wildman–Crippen LogP) is 3.42. The monoisotopic (exact) mass is 259 g/mol. The van der Waals surface area contributed by atoms with E-state index in [2.05, 4.69) is 26.3 Å². The highest BCUT2D eigenvalue weighted by Crippen LogP contribution is 2.28. The summed E-state index contributed by atoms with van der Waals surface area (Å²) in [6.07, 6.45) is 2.80. The Bertz CT molecular complexity index is 825. The van der Waals surface area contributed by atoms with E-state index in [0.717, 1.165) is 33.8 Å². The zero-order valence-electron chi connectivity index (χ0n) is 10.6. The molecular formula is C16H11N4. The van der Waals surface area contributed by atoms with Crippen molar-refractivity contribution in [2.24, 2.45) is 0 Å². The lowest BCUT2D eigenvalue weighted by atomic mass is 10.1. The van der Waals surface area contributed by atoms with Crippen molar-refractivity contribution in [3.05, 3.63) is 60.9 Å². The van der Waals surface area contributed by atoms with Gasteiger partial charge in [-0.25, -0.2) is 9.97 Å². The van der Waals surface area contributed by atoms with Crippen LogP contribution in [0.1, 0.15) is 0 Å². The van der Waals surface area contributed by atoms with Gasteiger partial charge in [-0.2, -0.15) is 0 Å². The minimum Gasteiger partial charge on any atom is -0.337 e. The third-order valence-corrected chi connectivity index (χ3v) is 3.26. The summed E-state index contributed by atoms with van der Waals surface area (Å²) in [7, 11) is 0. The molecule has 20 heavy (non-hydrogen) atoms. The molecule has 2 N–H and O–H groups in total. The van der Waals surface area contributed by atoms with Crippen LogP contribution in [0.25, 0.3) is 33.8 Å². The normalized spacial score (nSPS) is 11.0. The number of para-hydroxylation sites is 2. The van der Waals surface area contributed by atoms with Gasteiger partial charge in [0.15, 0.2) is 12.2 Å². The van der Waals surface area contributed by atoms with Crippen molar-refractivity contribution in [1.29, 1.82) is 0 Å². The summed E-state index contributed by atoms with van der Waals surface area (Å²) in [5, 5.41) is 0. The molecule has 0 aliphatic rings. The molecule has 0 saturated carbocycles. The Morgan fingerprint density at radius 1 is 0.900 bits per heavy atom. The number of imidazole rings is 2. The van der Waals surface area contributed by atoms with Crippen molar-refractivity contribution in [2.45, 2.75) is 0 Å². The average Bonchev–Trinajstić information content (AvgIpc) is 3.14. The number of H-pyrrole nitrogens is 2. The van der Waals surface area contributed by atoms with E-state index in [1.165, 1.54) is 0 Å². The lowest BCUT2D eigenvalue weighted by molar-refractivity contribution is 1.25. The van der Waals surface area contributed by atoms with Crippen LogP contribution in [-0.4, -0.2) is 19.9 Å². The van der Waals surface area contributed by atoms with Crippen molar-refractivity contribution in [3.63, 3.8) is 0 Å². The molecule has 95 valence electrons. The van der Waals surface area contributed by atoms with Crippen LogP contribution >= 0.6 is 0 Å². The standard InChI is InChI=1S/C16H11N4/c1-2-6-11(7-3-1)14-15(18-10-17-14)16-19-12-8-4-5-9-13(12)20-16/h1-9H,(H,17,18)(H,19,20). The van der Waals surface area contributed by atoms with Crippen LogP contribution in [0.5, 0.6) is 0 Å². The highest BCUT2D eigenvalue weighted by Gasteiger charge is 2.13. The molecule has 2 aromatic carbocycles. The fourth-order valence-corrected chi connectivity index (χ4v) is 2.30. The van der Waals surface area contributed by atoms with Crippen molar-refractivity contribution in [1.82, 2.24) is 19.9 Å². The van der Waals surface area contributed by atoms with E-state index in [1.54, 1.807) is 0 Å².